The third-order valence-electron chi connectivity index (χ3n) is 5.72. The lowest BCUT2D eigenvalue weighted by molar-refractivity contribution is -0.137. The van der Waals surface area contributed by atoms with E-state index in [2.05, 4.69) is 39.6 Å². The van der Waals surface area contributed by atoms with Crippen molar-refractivity contribution in [3.8, 4) is 11.1 Å². The number of carbonyl (C=O) groups is 1. The minimum absolute atomic E-state index is 0.345. The molecule has 1 atom stereocenters. The largest absolute Gasteiger partial charge is 0.480 e. The summed E-state index contributed by atoms with van der Waals surface area (Å²) in [5, 5.41) is 16.1. The fraction of sp³-hybridized carbons (Fsp3) is 0.115. The van der Waals surface area contributed by atoms with Crippen LogP contribution in [0.1, 0.15) is 5.56 Å². The van der Waals surface area contributed by atoms with Gasteiger partial charge >= 0.3 is 5.97 Å². The van der Waals surface area contributed by atoms with Crippen molar-refractivity contribution in [3.63, 3.8) is 0 Å². The van der Waals surface area contributed by atoms with E-state index < -0.39 is 12.0 Å². The molecule has 32 heavy (non-hydrogen) atoms. The van der Waals surface area contributed by atoms with E-state index in [4.69, 9.17) is 0 Å². The molecular formula is C26H22N4O2. The van der Waals surface area contributed by atoms with Crippen LogP contribution in [0.2, 0.25) is 0 Å². The van der Waals surface area contributed by atoms with Crippen LogP contribution in [0.15, 0.2) is 85.3 Å². The van der Waals surface area contributed by atoms with E-state index in [-0.39, 0.29) is 0 Å². The lowest BCUT2D eigenvalue weighted by Crippen LogP contribution is -2.32. The zero-order chi connectivity index (χ0) is 22.1. The molecule has 5 rings (SSSR count). The van der Waals surface area contributed by atoms with E-state index in [1.807, 2.05) is 66.3 Å². The first-order valence-electron chi connectivity index (χ1n) is 10.4. The van der Waals surface area contributed by atoms with Crippen molar-refractivity contribution in [1.29, 1.82) is 0 Å². The molecule has 0 bridgehead atoms. The highest BCUT2D eigenvalue weighted by atomic mass is 16.4. The third kappa shape index (κ3) is 3.56. The number of aliphatic carboxylic acids is 1. The second kappa shape index (κ2) is 8.15. The number of aromatic nitrogens is 3. The molecule has 2 N–H and O–H groups in total. The lowest BCUT2D eigenvalue weighted by Gasteiger charge is -2.16. The van der Waals surface area contributed by atoms with Crippen LogP contribution in [0.5, 0.6) is 0 Å². The highest BCUT2D eigenvalue weighted by Crippen LogP contribution is 2.37. The summed E-state index contributed by atoms with van der Waals surface area (Å²) in [6, 6.07) is 23.2. The van der Waals surface area contributed by atoms with Gasteiger partial charge in [-0.3, -0.25) is 0 Å². The molecule has 3 aromatic carbocycles. The second-order valence-corrected chi connectivity index (χ2v) is 7.83. The van der Waals surface area contributed by atoms with Gasteiger partial charge in [0.25, 0.3) is 0 Å². The number of aryl methyl sites for hydroxylation is 1. The predicted octanol–water partition coefficient (Wildman–Crippen LogP) is 4.90. The summed E-state index contributed by atoms with van der Waals surface area (Å²) in [6.07, 6.45) is 3.84. The predicted molar refractivity (Wildman–Crippen MR) is 127 cm³/mol. The topological polar surface area (TPSA) is 80.0 Å². The minimum atomic E-state index is -0.928. The minimum Gasteiger partial charge on any atom is -0.480 e. The molecule has 0 aliphatic rings. The van der Waals surface area contributed by atoms with Crippen LogP contribution < -0.4 is 5.32 Å². The Bertz CT molecular complexity index is 1420. The number of rotatable bonds is 6. The van der Waals surface area contributed by atoms with Crippen LogP contribution in [0.25, 0.3) is 32.9 Å². The van der Waals surface area contributed by atoms with E-state index in [1.165, 1.54) is 6.33 Å². The molecule has 0 radical (unpaired) electrons. The summed E-state index contributed by atoms with van der Waals surface area (Å²) in [6.45, 7) is 0. The molecule has 0 saturated heterocycles. The molecule has 6 heteroatoms. The highest BCUT2D eigenvalue weighted by Gasteiger charge is 2.22. The Morgan fingerprint density at radius 1 is 0.969 bits per heavy atom. The smallest absolute Gasteiger partial charge is 0.326 e. The first-order valence-corrected chi connectivity index (χ1v) is 10.4. The fourth-order valence-corrected chi connectivity index (χ4v) is 4.20. The molecule has 5 aromatic rings. The molecule has 0 spiro atoms. The maximum Gasteiger partial charge on any atom is 0.326 e. The van der Waals surface area contributed by atoms with Gasteiger partial charge in [-0.1, -0.05) is 72.8 Å². The molecule has 158 valence electrons. The Morgan fingerprint density at radius 3 is 2.53 bits per heavy atom. The fourth-order valence-electron chi connectivity index (χ4n) is 4.20. The standard InChI is InChI=1S/C26H22N4O2/c1-30-15-21(20-13-7-11-18-10-5-6-12-19(18)20)23-24(27-16-28-25(23)30)29-22(26(31)32)14-17-8-3-2-4-9-17/h2-13,15-16,22H,14H2,1H3,(H,31,32)(H,27,28,29)/t22-/m1/s1. The zero-order valence-corrected chi connectivity index (χ0v) is 17.6. The van der Waals surface area contributed by atoms with E-state index >= 15 is 0 Å². The van der Waals surface area contributed by atoms with Crippen molar-refractivity contribution < 1.29 is 9.90 Å². The van der Waals surface area contributed by atoms with Crippen LogP contribution in [0, 0.1) is 0 Å². The number of benzene rings is 3. The Kier molecular flexibility index (Phi) is 5.03. The second-order valence-electron chi connectivity index (χ2n) is 7.83. The molecule has 2 heterocycles. The summed E-state index contributed by atoms with van der Waals surface area (Å²) < 4.78 is 1.95. The van der Waals surface area contributed by atoms with Crippen molar-refractivity contribution in [2.75, 3.05) is 5.32 Å². The molecule has 0 aliphatic heterocycles. The van der Waals surface area contributed by atoms with Gasteiger partial charge in [0.15, 0.2) is 0 Å². The highest BCUT2D eigenvalue weighted by molar-refractivity contribution is 6.08. The molecule has 0 fully saturated rings. The maximum absolute atomic E-state index is 12.1. The Hall–Kier alpha value is -4.19. The monoisotopic (exact) mass is 422 g/mol. The Morgan fingerprint density at radius 2 is 1.72 bits per heavy atom. The van der Waals surface area contributed by atoms with E-state index in [1.54, 1.807) is 0 Å². The van der Waals surface area contributed by atoms with E-state index in [0.717, 1.165) is 38.5 Å². The summed E-state index contributed by atoms with van der Waals surface area (Å²) in [7, 11) is 1.94. The number of carboxylic acid groups (broad SMARTS) is 1. The van der Waals surface area contributed by atoms with Crippen molar-refractivity contribution in [1.82, 2.24) is 14.5 Å². The van der Waals surface area contributed by atoms with Gasteiger partial charge in [-0.2, -0.15) is 0 Å². The van der Waals surface area contributed by atoms with Crippen molar-refractivity contribution >= 4 is 33.6 Å². The first kappa shape index (κ1) is 19.8. The number of hydrogen-bond acceptors (Lipinski definition) is 4. The van der Waals surface area contributed by atoms with Gasteiger partial charge in [-0.25, -0.2) is 14.8 Å². The van der Waals surface area contributed by atoms with Gasteiger partial charge in [0.05, 0.1) is 5.39 Å². The molecule has 0 unspecified atom stereocenters. The van der Waals surface area contributed by atoms with Gasteiger partial charge in [-0.05, 0) is 21.9 Å². The van der Waals surface area contributed by atoms with Gasteiger partial charge < -0.3 is 15.0 Å². The van der Waals surface area contributed by atoms with Crippen LogP contribution in [0.4, 0.5) is 5.82 Å². The SMILES string of the molecule is Cn1cc(-c2cccc3ccccc23)c2c(N[C@H](Cc3ccccc3)C(=O)O)ncnc21. The summed E-state index contributed by atoms with van der Waals surface area (Å²) in [4.78, 5) is 21.0. The summed E-state index contributed by atoms with van der Waals surface area (Å²) in [5.41, 5.74) is 3.71. The molecule has 0 aliphatic carbocycles. The van der Waals surface area contributed by atoms with Crippen molar-refractivity contribution in [2.24, 2.45) is 7.05 Å². The van der Waals surface area contributed by atoms with Gasteiger partial charge in [0.2, 0.25) is 0 Å². The van der Waals surface area contributed by atoms with Crippen LogP contribution in [-0.2, 0) is 18.3 Å². The van der Waals surface area contributed by atoms with Crippen LogP contribution in [0.3, 0.4) is 0 Å². The molecular weight excluding hydrogens is 400 g/mol. The first-order chi connectivity index (χ1) is 15.6. The average molecular weight is 422 g/mol. The van der Waals surface area contributed by atoms with Crippen molar-refractivity contribution in [2.45, 2.75) is 12.5 Å². The zero-order valence-electron chi connectivity index (χ0n) is 17.6. The van der Waals surface area contributed by atoms with E-state index in [9.17, 15) is 9.90 Å². The Labute approximate surface area is 185 Å². The van der Waals surface area contributed by atoms with Gasteiger partial charge in [-0.15, -0.1) is 0 Å². The quantitative estimate of drug-likeness (QED) is 0.407. The van der Waals surface area contributed by atoms with Crippen LogP contribution in [-0.4, -0.2) is 31.7 Å². The number of nitrogens with zero attached hydrogens (tertiary/aromatic N) is 3. The number of anilines is 1. The van der Waals surface area contributed by atoms with Crippen LogP contribution >= 0.6 is 0 Å². The third-order valence-corrected chi connectivity index (χ3v) is 5.72. The molecule has 6 nitrogen and oxygen atoms in total. The number of fused-ring (bicyclic) bond motifs is 2. The number of carboxylic acids is 1. The molecule has 0 saturated carbocycles. The Balaban J connectivity index is 1.64. The van der Waals surface area contributed by atoms with Crippen molar-refractivity contribution in [3.05, 3.63) is 90.9 Å². The van der Waals surface area contributed by atoms with E-state index in [0.29, 0.717) is 12.2 Å². The number of hydrogen-bond donors (Lipinski definition) is 2. The maximum atomic E-state index is 12.1. The summed E-state index contributed by atoms with van der Waals surface area (Å²) >= 11 is 0. The normalized spacial score (nSPS) is 12.2. The molecule has 0 amide bonds. The lowest BCUT2D eigenvalue weighted by atomic mass is 9.98. The summed E-state index contributed by atoms with van der Waals surface area (Å²) in [5.74, 6) is -0.412. The van der Waals surface area contributed by atoms with Gasteiger partial charge in [0, 0.05) is 25.2 Å². The molecule has 2 aromatic heterocycles. The average Bonchev–Trinajstić information content (AvgIpc) is 3.16. The number of nitrogens with one attached hydrogen (secondary N) is 1. The van der Waals surface area contributed by atoms with Gasteiger partial charge in [0.1, 0.15) is 23.8 Å².